The van der Waals surface area contributed by atoms with Crippen molar-refractivity contribution < 1.29 is 22.8 Å². The summed E-state index contributed by atoms with van der Waals surface area (Å²) >= 11 is 0. The van der Waals surface area contributed by atoms with Crippen molar-refractivity contribution >= 4 is 23.3 Å². The zero-order valence-electron chi connectivity index (χ0n) is 15.1. The summed E-state index contributed by atoms with van der Waals surface area (Å²) in [5, 5.41) is 5.55. The van der Waals surface area contributed by atoms with Crippen LogP contribution in [-0.4, -0.2) is 41.3 Å². The van der Waals surface area contributed by atoms with Gasteiger partial charge in [0.2, 0.25) is 5.91 Å². The van der Waals surface area contributed by atoms with Crippen LogP contribution in [0.3, 0.4) is 0 Å². The molecule has 0 aliphatic heterocycles. The Morgan fingerprint density at radius 3 is 2.64 bits per heavy atom. The number of alkyl halides is 3. The van der Waals surface area contributed by atoms with Gasteiger partial charge >= 0.3 is 6.18 Å². The van der Waals surface area contributed by atoms with Crippen molar-refractivity contribution in [2.75, 3.05) is 18.9 Å². The molecule has 1 aliphatic carbocycles. The molecule has 28 heavy (non-hydrogen) atoms. The lowest BCUT2D eigenvalue weighted by molar-refractivity contribution is -0.137. The Morgan fingerprint density at radius 2 is 1.96 bits per heavy atom. The third kappa shape index (κ3) is 4.99. The third-order valence-electron chi connectivity index (χ3n) is 4.16. The molecule has 1 aromatic carbocycles. The number of hydrogen-bond donors (Lipinski definition) is 2. The van der Waals surface area contributed by atoms with E-state index in [-0.39, 0.29) is 35.6 Å². The van der Waals surface area contributed by atoms with Gasteiger partial charge in [0.25, 0.3) is 5.91 Å². The van der Waals surface area contributed by atoms with E-state index < -0.39 is 17.6 Å². The first-order valence-electron chi connectivity index (χ1n) is 8.68. The van der Waals surface area contributed by atoms with Crippen molar-refractivity contribution in [2.24, 2.45) is 0 Å². The van der Waals surface area contributed by atoms with E-state index in [1.54, 1.807) is 6.07 Å². The molecule has 1 saturated carbocycles. The lowest BCUT2D eigenvalue weighted by atomic mass is 10.1. The number of hydrogen-bond acceptors (Lipinski definition) is 4. The van der Waals surface area contributed by atoms with Crippen molar-refractivity contribution in [3.63, 3.8) is 0 Å². The first kappa shape index (κ1) is 19.7. The maximum Gasteiger partial charge on any atom is 0.416 e. The lowest BCUT2D eigenvalue weighted by Gasteiger charge is -2.19. The van der Waals surface area contributed by atoms with Gasteiger partial charge in [0.05, 0.1) is 17.7 Å². The Hall–Kier alpha value is -3.10. The van der Waals surface area contributed by atoms with E-state index in [2.05, 4.69) is 15.6 Å². The number of halogens is 3. The second-order valence-corrected chi connectivity index (χ2v) is 6.61. The lowest BCUT2D eigenvalue weighted by Crippen LogP contribution is -2.39. The molecular weight excluding hydrogens is 373 g/mol. The summed E-state index contributed by atoms with van der Waals surface area (Å²) in [6, 6.07) is 7.85. The number of nitrogens with one attached hydrogen (secondary N) is 2. The van der Waals surface area contributed by atoms with Gasteiger partial charge in [-0.2, -0.15) is 13.2 Å². The predicted molar refractivity (Wildman–Crippen MR) is 97.1 cm³/mol. The predicted octanol–water partition coefficient (Wildman–Crippen LogP) is 3.19. The minimum Gasteiger partial charge on any atom is -0.352 e. The maximum atomic E-state index is 12.9. The fraction of sp³-hybridized carbons (Fsp3) is 0.316. The highest BCUT2D eigenvalue weighted by molar-refractivity contribution is 6.00. The summed E-state index contributed by atoms with van der Waals surface area (Å²) in [5.41, 5.74) is -0.506. The maximum absolute atomic E-state index is 12.9. The number of amides is 2. The van der Waals surface area contributed by atoms with Crippen LogP contribution in [0.4, 0.5) is 24.7 Å². The number of carbonyl (C=O) groups excluding carboxylic acids is 2. The molecule has 2 aromatic rings. The van der Waals surface area contributed by atoms with Gasteiger partial charge in [-0.1, -0.05) is 6.07 Å². The Balaban J connectivity index is 1.75. The Labute approximate surface area is 159 Å². The number of anilines is 2. The van der Waals surface area contributed by atoms with Crippen LogP contribution in [0.2, 0.25) is 0 Å². The molecule has 0 unspecified atom stereocenters. The van der Waals surface area contributed by atoms with Gasteiger partial charge < -0.3 is 15.5 Å². The van der Waals surface area contributed by atoms with Crippen molar-refractivity contribution in [1.29, 1.82) is 0 Å². The van der Waals surface area contributed by atoms with E-state index in [0.717, 1.165) is 25.0 Å². The molecule has 3 rings (SSSR count). The molecule has 0 spiro atoms. The smallest absolute Gasteiger partial charge is 0.352 e. The average Bonchev–Trinajstić information content (AvgIpc) is 3.45. The van der Waals surface area contributed by atoms with E-state index in [1.165, 1.54) is 36.3 Å². The zero-order valence-corrected chi connectivity index (χ0v) is 15.1. The molecule has 1 aliphatic rings. The fourth-order valence-electron chi connectivity index (χ4n) is 2.58. The normalized spacial score (nSPS) is 13.7. The summed E-state index contributed by atoms with van der Waals surface area (Å²) in [6.45, 7) is -0.118. The SMILES string of the molecule is CN(CC(=O)NC1CC1)C(=O)c1cccnc1Nc1cccc(C(F)(F)F)c1. The van der Waals surface area contributed by atoms with Crippen LogP contribution in [0.1, 0.15) is 28.8 Å². The van der Waals surface area contributed by atoms with E-state index in [1.807, 2.05) is 0 Å². The molecular formula is C19H19F3N4O2. The quantitative estimate of drug-likeness (QED) is 0.792. The average molecular weight is 392 g/mol. The van der Waals surface area contributed by atoms with Crippen molar-refractivity contribution in [2.45, 2.75) is 25.1 Å². The summed E-state index contributed by atoms with van der Waals surface area (Å²) in [5.74, 6) is -0.607. The number of nitrogens with zero attached hydrogens (tertiary/aromatic N) is 2. The van der Waals surface area contributed by atoms with Crippen LogP contribution in [-0.2, 0) is 11.0 Å². The molecule has 1 heterocycles. The molecule has 2 N–H and O–H groups in total. The first-order chi connectivity index (χ1) is 13.2. The standard InChI is InChI=1S/C19H19F3N4O2/c1-26(11-16(27)24-13-7-8-13)18(28)15-6-3-9-23-17(15)25-14-5-2-4-12(10-14)19(20,21)22/h2-6,9-10,13H,7-8,11H2,1H3,(H,23,25)(H,24,27). The minimum atomic E-state index is -4.48. The summed E-state index contributed by atoms with van der Waals surface area (Å²) in [6.07, 6.45) is -1.17. The number of carbonyl (C=O) groups is 2. The van der Waals surface area contributed by atoms with Crippen LogP contribution in [0.15, 0.2) is 42.6 Å². The molecule has 148 valence electrons. The molecule has 0 bridgehead atoms. The van der Waals surface area contributed by atoms with Crippen LogP contribution < -0.4 is 10.6 Å². The Morgan fingerprint density at radius 1 is 1.21 bits per heavy atom. The molecule has 6 nitrogen and oxygen atoms in total. The van der Waals surface area contributed by atoms with Crippen LogP contribution in [0.5, 0.6) is 0 Å². The zero-order chi connectivity index (χ0) is 20.3. The second-order valence-electron chi connectivity index (χ2n) is 6.61. The summed E-state index contributed by atoms with van der Waals surface area (Å²) < 4.78 is 38.7. The van der Waals surface area contributed by atoms with E-state index in [0.29, 0.717) is 0 Å². The van der Waals surface area contributed by atoms with Crippen molar-refractivity contribution in [3.8, 4) is 0 Å². The van der Waals surface area contributed by atoms with Gasteiger partial charge in [-0.15, -0.1) is 0 Å². The number of likely N-dealkylation sites (N-methyl/N-ethyl adjacent to an activating group) is 1. The third-order valence-corrected chi connectivity index (χ3v) is 4.16. The van der Waals surface area contributed by atoms with Gasteiger partial charge in [0.15, 0.2) is 0 Å². The summed E-state index contributed by atoms with van der Waals surface area (Å²) in [4.78, 5) is 29.9. The van der Waals surface area contributed by atoms with Gasteiger partial charge in [-0.05, 0) is 43.2 Å². The fourth-order valence-corrected chi connectivity index (χ4v) is 2.58. The summed E-state index contributed by atoms with van der Waals surface area (Å²) in [7, 11) is 1.48. The topological polar surface area (TPSA) is 74.3 Å². The molecule has 0 radical (unpaired) electrons. The van der Waals surface area contributed by atoms with Gasteiger partial charge in [0, 0.05) is 25.0 Å². The van der Waals surface area contributed by atoms with Crippen molar-refractivity contribution in [3.05, 3.63) is 53.7 Å². The number of aromatic nitrogens is 1. The largest absolute Gasteiger partial charge is 0.416 e. The monoisotopic (exact) mass is 392 g/mol. The Kier molecular flexibility index (Phi) is 5.53. The molecule has 1 aromatic heterocycles. The van der Waals surface area contributed by atoms with Crippen LogP contribution in [0.25, 0.3) is 0 Å². The van der Waals surface area contributed by atoms with Gasteiger partial charge in [-0.25, -0.2) is 4.98 Å². The highest BCUT2D eigenvalue weighted by Gasteiger charge is 2.30. The van der Waals surface area contributed by atoms with Crippen LogP contribution >= 0.6 is 0 Å². The van der Waals surface area contributed by atoms with Crippen LogP contribution in [0, 0.1) is 0 Å². The van der Waals surface area contributed by atoms with E-state index in [9.17, 15) is 22.8 Å². The minimum absolute atomic E-state index is 0.112. The molecule has 2 amide bonds. The number of pyridine rings is 1. The van der Waals surface area contributed by atoms with E-state index >= 15 is 0 Å². The van der Waals surface area contributed by atoms with Crippen molar-refractivity contribution in [1.82, 2.24) is 15.2 Å². The number of rotatable bonds is 6. The highest BCUT2D eigenvalue weighted by Crippen LogP contribution is 2.31. The number of benzene rings is 1. The van der Waals surface area contributed by atoms with Gasteiger partial charge in [0.1, 0.15) is 5.82 Å². The highest BCUT2D eigenvalue weighted by atomic mass is 19.4. The van der Waals surface area contributed by atoms with E-state index in [4.69, 9.17) is 0 Å². The first-order valence-corrected chi connectivity index (χ1v) is 8.68. The molecule has 9 heteroatoms. The van der Waals surface area contributed by atoms with Gasteiger partial charge in [-0.3, -0.25) is 9.59 Å². The Bertz CT molecular complexity index is 881. The second kappa shape index (κ2) is 7.87. The molecule has 1 fully saturated rings. The molecule has 0 saturated heterocycles. The molecule has 0 atom stereocenters.